The fraction of sp³-hybridized carbons (Fsp3) is 0.385. The van der Waals surface area contributed by atoms with Gasteiger partial charge in [0.1, 0.15) is 0 Å². The van der Waals surface area contributed by atoms with Crippen molar-refractivity contribution in [3.05, 3.63) is 29.8 Å². The molecule has 116 valence electrons. The van der Waals surface area contributed by atoms with Gasteiger partial charge < -0.3 is 9.47 Å². The Balaban J connectivity index is 2.74. The molecule has 8 heteroatoms. The Labute approximate surface area is 123 Å². The van der Waals surface area contributed by atoms with Crippen LogP contribution < -0.4 is 4.72 Å². The summed E-state index contributed by atoms with van der Waals surface area (Å²) in [5, 5.41) is 0. The molecule has 1 aromatic rings. The monoisotopic (exact) mass is 315 g/mol. The number of esters is 2. The molecule has 0 fully saturated rings. The third kappa shape index (κ3) is 5.16. The first-order valence-corrected chi connectivity index (χ1v) is 7.72. The van der Waals surface area contributed by atoms with Crippen molar-refractivity contribution in [3.8, 4) is 0 Å². The summed E-state index contributed by atoms with van der Waals surface area (Å²) in [7, 11) is -2.59. The van der Waals surface area contributed by atoms with Crippen molar-refractivity contribution in [1.29, 1.82) is 0 Å². The Morgan fingerprint density at radius 3 is 2.62 bits per heavy atom. The largest absolute Gasteiger partial charge is 0.466 e. The quantitative estimate of drug-likeness (QED) is 0.744. The smallest absolute Gasteiger partial charge is 0.337 e. The lowest BCUT2D eigenvalue weighted by Crippen LogP contribution is -2.27. The van der Waals surface area contributed by atoms with E-state index in [1.54, 1.807) is 6.92 Å². The molecule has 0 bridgehead atoms. The molecule has 1 rings (SSSR count). The topological polar surface area (TPSA) is 98.8 Å². The maximum Gasteiger partial charge on any atom is 0.337 e. The number of hydrogen-bond donors (Lipinski definition) is 1. The van der Waals surface area contributed by atoms with E-state index in [2.05, 4.69) is 9.46 Å². The second-order valence-electron chi connectivity index (χ2n) is 3.97. The van der Waals surface area contributed by atoms with E-state index in [4.69, 9.17) is 4.74 Å². The number of methoxy groups -OCH3 is 1. The normalized spacial score (nSPS) is 11.0. The lowest BCUT2D eigenvalue weighted by Gasteiger charge is -2.07. The summed E-state index contributed by atoms with van der Waals surface area (Å²) in [4.78, 5) is 22.4. The van der Waals surface area contributed by atoms with Gasteiger partial charge in [-0.05, 0) is 25.1 Å². The number of nitrogens with one attached hydrogen (secondary N) is 1. The summed E-state index contributed by atoms with van der Waals surface area (Å²) in [6.45, 7) is 1.83. The van der Waals surface area contributed by atoms with Crippen LogP contribution in [0.3, 0.4) is 0 Å². The van der Waals surface area contributed by atoms with Crippen molar-refractivity contribution in [2.45, 2.75) is 18.2 Å². The Kier molecular flexibility index (Phi) is 6.32. The first-order chi connectivity index (χ1) is 9.90. The minimum atomic E-state index is -3.80. The highest BCUT2D eigenvalue weighted by Crippen LogP contribution is 2.12. The number of hydrogen-bond acceptors (Lipinski definition) is 6. The zero-order valence-corrected chi connectivity index (χ0v) is 12.6. The number of carbonyl (C=O) groups is 2. The Hall–Kier alpha value is -1.93. The summed E-state index contributed by atoms with van der Waals surface area (Å²) >= 11 is 0. The highest BCUT2D eigenvalue weighted by atomic mass is 32.2. The zero-order chi connectivity index (χ0) is 15.9. The summed E-state index contributed by atoms with van der Waals surface area (Å²) in [6, 6.07) is 5.44. The summed E-state index contributed by atoms with van der Waals surface area (Å²) in [6.07, 6.45) is -0.0657. The molecule has 0 aliphatic heterocycles. The lowest BCUT2D eigenvalue weighted by atomic mass is 10.2. The van der Waals surface area contributed by atoms with Gasteiger partial charge in [-0.15, -0.1) is 0 Å². The van der Waals surface area contributed by atoms with Crippen molar-refractivity contribution in [2.75, 3.05) is 20.3 Å². The van der Waals surface area contributed by atoms with Gasteiger partial charge in [-0.2, -0.15) is 0 Å². The summed E-state index contributed by atoms with van der Waals surface area (Å²) in [5.41, 5.74) is 0.130. The number of ether oxygens (including phenoxy) is 2. The number of rotatable bonds is 7. The van der Waals surface area contributed by atoms with Gasteiger partial charge in [-0.1, -0.05) is 6.07 Å². The molecule has 0 heterocycles. The first kappa shape index (κ1) is 17.1. The van der Waals surface area contributed by atoms with E-state index in [0.717, 1.165) is 0 Å². The summed E-state index contributed by atoms with van der Waals surface area (Å²) < 4.78 is 35.5. The fourth-order valence-corrected chi connectivity index (χ4v) is 2.59. The zero-order valence-electron chi connectivity index (χ0n) is 11.8. The second kappa shape index (κ2) is 7.75. The average molecular weight is 315 g/mol. The molecule has 0 atom stereocenters. The number of sulfonamides is 1. The molecule has 0 aliphatic rings. The molecule has 0 amide bonds. The van der Waals surface area contributed by atoms with Gasteiger partial charge in [0.2, 0.25) is 10.0 Å². The van der Waals surface area contributed by atoms with Crippen LogP contribution in [0.4, 0.5) is 0 Å². The highest BCUT2D eigenvalue weighted by molar-refractivity contribution is 7.89. The summed E-state index contributed by atoms with van der Waals surface area (Å²) in [5.74, 6) is -1.11. The Bertz CT molecular complexity index is 611. The van der Waals surface area contributed by atoms with Gasteiger partial charge in [0.15, 0.2) is 0 Å². The predicted octanol–water partition coefficient (Wildman–Crippen LogP) is 0.705. The Morgan fingerprint density at radius 2 is 2.00 bits per heavy atom. The van der Waals surface area contributed by atoms with E-state index in [1.165, 1.54) is 31.4 Å². The van der Waals surface area contributed by atoms with Crippen LogP contribution in [0.2, 0.25) is 0 Å². The number of benzene rings is 1. The van der Waals surface area contributed by atoms with Gasteiger partial charge in [-0.3, -0.25) is 4.79 Å². The highest BCUT2D eigenvalue weighted by Gasteiger charge is 2.16. The molecule has 0 aliphatic carbocycles. The van der Waals surface area contributed by atoms with E-state index >= 15 is 0 Å². The van der Waals surface area contributed by atoms with Crippen LogP contribution in [0.1, 0.15) is 23.7 Å². The molecule has 1 N–H and O–H groups in total. The van der Waals surface area contributed by atoms with Crippen LogP contribution in [0, 0.1) is 0 Å². The number of carbonyl (C=O) groups excluding carboxylic acids is 2. The maximum atomic E-state index is 12.0. The van der Waals surface area contributed by atoms with E-state index in [-0.39, 0.29) is 30.0 Å². The molecule has 0 unspecified atom stereocenters. The second-order valence-corrected chi connectivity index (χ2v) is 5.74. The molecule has 0 saturated carbocycles. The molecule has 7 nitrogen and oxygen atoms in total. The average Bonchev–Trinajstić information content (AvgIpc) is 2.46. The van der Waals surface area contributed by atoms with E-state index in [9.17, 15) is 18.0 Å². The van der Waals surface area contributed by atoms with Crippen LogP contribution in [0.25, 0.3) is 0 Å². The van der Waals surface area contributed by atoms with Gasteiger partial charge in [-0.25, -0.2) is 17.9 Å². The van der Waals surface area contributed by atoms with Crippen LogP contribution in [-0.2, 0) is 24.3 Å². The van der Waals surface area contributed by atoms with E-state index in [0.29, 0.717) is 0 Å². The standard InChI is InChI=1S/C13H17NO6S/c1-3-20-12(15)7-8-14-21(17,18)11-6-4-5-10(9-11)13(16)19-2/h4-6,9,14H,3,7-8H2,1-2H3. The lowest BCUT2D eigenvalue weighted by molar-refractivity contribution is -0.142. The van der Waals surface area contributed by atoms with Gasteiger partial charge in [0.25, 0.3) is 0 Å². The molecule has 0 radical (unpaired) electrons. The molecule has 0 spiro atoms. The van der Waals surface area contributed by atoms with E-state index in [1.807, 2.05) is 0 Å². The van der Waals surface area contributed by atoms with Crippen molar-refractivity contribution < 1.29 is 27.5 Å². The Morgan fingerprint density at radius 1 is 1.29 bits per heavy atom. The SMILES string of the molecule is CCOC(=O)CCNS(=O)(=O)c1cccc(C(=O)OC)c1. The van der Waals surface area contributed by atoms with Crippen molar-refractivity contribution in [1.82, 2.24) is 4.72 Å². The molecule has 1 aromatic carbocycles. The third-order valence-electron chi connectivity index (χ3n) is 2.49. The van der Waals surface area contributed by atoms with Crippen LogP contribution in [0.15, 0.2) is 29.2 Å². The van der Waals surface area contributed by atoms with Crippen LogP contribution in [-0.4, -0.2) is 40.6 Å². The maximum absolute atomic E-state index is 12.0. The molecular weight excluding hydrogens is 298 g/mol. The first-order valence-electron chi connectivity index (χ1n) is 6.24. The van der Waals surface area contributed by atoms with Crippen molar-refractivity contribution in [2.24, 2.45) is 0 Å². The molecule has 0 aromatic heterocycles. The minimum absolute atomic E-state index is 0.0657. The van der Waals surface area contributed by atoms with Crippen molar-refractivity contribution >= 4 is 22.0 Å². The van der Waals surface area contributed by atoms with Crippen LogP contribution >= 0.6 is 0 Å². The van der Waals surface area contributed by atoms with Crippen LogP contribution in [0.5, 0.6) is 0 Å². The fourth-order valence-electron chi connectivity index (χ4n) is 1.51. The van der Waals surface area contributed by atoms with Gasteiger partial charge in [0.05, 0.1) is 30.6 Å². The molecular formula is C13H17NO6S. The molecule has 0 saturated heterocycles. The van der Waals surface area contributed by atoms with Crippen molar-refractivity contribution in [3.63, 3.8) is 0 Å². The molecule has 21 heavy (non-hydrogen) atoms. The minimum Gasteiger partial charge on any atom is -0.466 e. The van der Waals surface area contributed by atoms with Gasteiger partial charge >= 0.3 is 11.9 Å². The van der Waals surface area contributed by atoms with Gasteiger partial charge in [0, 0.05) is 6.54 Å². The van der Waals surface area contributed by atoms with E-state index < -0.39 is 22.0 Å². The third-order valence-corrected chi connectivity index (χ3v) is 3.95. The predicted molar refractivity (Wildman–Crippen MR) is 74.2 cm³/mol.